The molecule has 7 heteroatoms. The molecule has 0 aliphatic heterocycles. The van der Waals surface area contributed by atoms with E-state index in [0.717, 1.165) is 12.1 Å². The van der Waals surface area contributed by atoms with E-state index in [9.17, 15) is 23.1 Å². The number of aliphatic hydroxyl groups is 1. The number of amides is 1. The lowest BCUT2D eigenvalue weighted by Gasteiger charge is -2.31. The molecule has 0 aliphatic rings. The topological polar surface area (TPSA) is 58.6 Å². The van der Waals surface area contributed by atoms with Crippen LogP contribution in [0, 0.1) is 0 Å². The van der Waals surface area contributed by atoms with Gasteiger partial charge in [-0.2, -0.15) is 13.2 Å². The molecule has 0 heterocycles. The summed E-state index contributed by atoms with van der Waals surface area (Å²) in [6.45, 7) is 5.83. The maximum atomic E-state index is 12.8. The van der Waals surface area contributed by atoms with Crippen LogP contribution in [0.2, 0.25) is 0 Å². The van der Waals surface area contributed by atoms with Gasteiger partial charge >= 0.3 is 12.3 Å². The lowest BCUT2D eigenvalue weighted by molar-refractivity contribution is -0.137. The number of nitrogens with one attached hydrogen (secondary N) is 1. The fraction of sp³-hybridized carbons (Fsp3) is 0.533. The predicted octanol–water partition coefficient (Wildman–Crippen LogP) is 3.44. The Balaban J connectivity index is 3.06. The summed E-state index contributed by atoms with van der Waals surface area (Å²) in [5.74, 6) is 0. The van der Waals surface area contributed by atoms with Gasteiger partial charge in [0.1, 0.15) is 5.60 Å². The highest BCUT2D eigenvalue weighted by molar-refractivity contribution is 5.69. The summed E-state index contributed by atoms with van der Waals surface area (Å²) in [4.78, 5) is 11.8. The van der Waals surface area contributed by atoms with E-state index in [1.54, 1.807) is 20.8 Å². The van der Waals surface area contributed by atoms with Crippen molar-refractivity contribution in [1.82, 2.24) is 5.32 Å². The highest BCUT2D eigenvalue weighted by Gasteiger charge is 2.35. The molecule has 1 unspecified atom stereocenters. The third-order valence-corrected chi connectivity index (χ3v) is 2.92. The molecule has 1 amide bonds. The number of ether oxygens (including phenoxy) is 1. The molecule has 0 radical (unpaired) electrons. The van der Waals surface area contributed by atoms with Crippen molar-refractivity contribution in [2.45, 2.75) is 45.0 Å². The van der Waals surface area contributed by atoms with Crippen molar-refractivity contribution in [3.05, 3.63) is 35.4 Å². The van der Waals surface area contributed by atoms with Gasteiger partial charge in [-0.25, -0.2) is 4.79 Å². The number of rotatable bonds is 3. The number of carbonyl (C=O) groups excluding carboxylic acids is 1. The molecule has 0 saturated carbocycles. The van der Waals surface area contributed by atoms with Crippen molar-refractivity contribution >= 4 is 6.09 Å². The Hall–Kier alpha value is -1.76. The van der Waals surface area contributed by atoms with Crippen LogP contribution >= 0.6 is 0 Å². The fourth-order valence-electron chi connectivity index (χ4n) is 1.77. The second-order valence-electron chi connectivity index (χ2n) is 6.20. The van der Waals surface area contributed by atoms with Crippen LogP contribution in [-0.2, 0) is 16.5 Å². The van der Waals surface area contributed by atoms with Gasteiger partial charge in [-0.3, -0.25) is 0 Å². The van der Waals surface area contributed by atoms with Crippen LogP contribution in [0.5, 0.6) is 0 Å². The zero-order chi connectivity index (χ0) is 17.2. The number of carbonyl (C=O) groups is 1. The molecule has 0 spiro atoms. The molecular weight excluding hydrogens is 299 g/mol. The van der Waals surface area contributed by atoms with E-state index in [4.69, 9.17) is 4.74 Å². The van der Waals surface area contributed by atoms with Crippen molar-refractivity contribution in [2.24, 2.45) is 0 Å². The predicted molar refractivity (Wildman–Crippen MR) is 75.3 cm³/mol. The zero-order valence-electron chi connectivity index (χ0n) is 12.9. The van der Waals surface area contributed by atoms with Gasteiger partial charge in [0.05, 0.1) is 17.7 Å². The van der Waals surface area contributed by atoms with Crippen LogP contribution in [0.1, 0.15) is 38.8 Å². The fourth-order valence-corrected chi connectivity index (χ4v) is 1.77. The third kappa shape index (κ3) is 4.91. The molecule has 1 aromatic rings. The first kappa shape index (κ1) is 18.3. The number of aliphatic hydroxyl groups excluding tert-OH is 1. The minimum absolute atomic E-state index is 0.135. The minimum atomic E-state index is -4.50. The Morgan fingerprint density at radius 3 is 2.18 bits per heavy atom. The first-order valence-corrected chi connectivity index (χ1v) is 6.67. The van der Waals surface area contributed by atoms with Gasteiger partial charge in [-0.05, 0) is 45.4 Å². The highest BCUT2D eigenvalue weighted by atomic mass is 19.4. The lowest BCUT2D eigenvalue weighted by Crippen LogP contribution is -2.48. The van der Waals surface area contributed by atoms with E-state index in [-0.39, 0.29) is 5.56 Å². The molecule has 0 aromatic heterocycles. The summed E-state index contributed by atoms with van der Waals surface area (Å²) in [6.07, 6.45) is -5.32. The molecule has 0 saturated heterocycles. The molecule has 1 rings (SSSR count). The molecule has 0 bridgehead atoms. The number of alkyl carbamates (subject to hydrolysis) is 1. The molecule has 1 aromatic carbocycles. The summed E-state index contributed by atoms with van der Waals surface area (Å²) in [6, 6.07) is 4.45. The first-order valence-electron chi connectivity index (χ1n) is 6.67. The van der Waals surface area contributed by atoms with Crippen LogP contribution in [0.15, 0.2) is 24.3 Å². The summed E-state index contributed by atoms with van der Waals surface area (Å²) in [5, 5.41) is 11.9. The molecule has 1 atom stereocenters. The number of hydrogen-bond donors (Lipinski definition) is 2. The van der Waals surface area contributed by atoms with E-state index in [0.29, 0.717) is 0 Å². The summed E-state index contributed by atoms with van der Waals surface area (Å²) in [7, 11) is 0. The molecule has 124 valence electrons. The zero-order valence-corrected chi connectivity index (χ0v) is 12.9. The Bertz CT molecular complexity index is 538. The van der Waals surface area contributed by atoms with Crippen LogP contribution in [0.25, 0.3) is 0 Å². The van der Waals surface area contributed by atoms with Gasteiger partial charge in [-0.1, -0.05) is 12.1 Å². The quantitative estimate of drug-likeness (QED) is 0.897. The van der Waals surface area contributed by atoms with Crippen LogP contribution in [0.4, 0.5) is 18.0 Å². The number of halogens is 3. The van der Waals surface area contributed by atoms with Crippen molar-refractivity contribution < 1.29 is 27.8 Å². The molecule has 4 nitrogen and oxygen atoms in total. The van der Waals surface area contributed by atoms with E-state index in [1.807, 2.05) is 0 Å². The maximum absolute atomic E-state index is 12.8. The van der Waals surface area contributed by atoms with Crippen LogP contribution in [-0.4, -0.2) is 23.4 Å². The van der Waals surface area contributed by atoms with E-state index in [1.165, 1.54) is 19.1 Å². The van der Waals surface area contributed by atoms with Gasteiger partial charge in [0.15, 0.2) is 0 Å². The molecule has 0 fully saturated rings. The molecular formula is C15H20F3NO3. The van der Waals surface area contributed by atoms with E-state index in [2.05, 4.69) is 5.32 Å². The third-order valence-electron chi connectivity index (χ3n) is 2.92. The average molecular weight is 319 g/mol. The van der Waals surface area contributed by atoms with Crippen molar-refractivity contribution in [1.29, 1.82) is 0 Å². The molecule has 0 aliphatic carbocycles. The Kier molecular flexibility index (Phi) is 5.12. The van der Waals surface area contributed by atoms with Gasteiger partial charge in [0.25, 0.3) is 0 Å². The molecule has 22 heavy (non-hydrogen) atoms. The summed E-state index contributed by atoms with van der Waals surface area (Å²) < 4.78 is 43.4. The van der Waals surface area contributed by atoms with Crippen LogP contribution in [0.3, 0.4) is 0 Å². The number of hydrogen-bond acceptors (Lipinski definition) is 3. The van der Waals surface area contributed by atoms with Crippen molar-refractivity contribution in [3.63, 3.8) is 0 Å². The summed E-state index contributed by atoms with van der Waals surface area (Å²) >= 11 is 0. The lowest BCUT2D eigenvalue weighted by atomic mass is 9.91. The Labute approximate surface area is 127 Å². The largest absolute Gasteiger partial charge is 0.444 e. The normalized spacial score (nSPS) is 15.1. The van der Waals surface area contributed by atoms with E-state index >= 15 is 0 Å². The Morgan fingerprint density at radius 2 is 1.73 bits per heavy atom. The minimum Gasteiger partial charge on any atom is -0.444 e. The van der Waals surface area contributed by atoms with E-state index < -0.39 is 35.6 Å². The SMILES string of the molecule is CC(C)(C)OC(=O)NC(C)(CO)c1cccc(C(F)(F)F)c1. The van der Waals surface area contributed by atoms with Gasteiger partial charge in [0, 0.05) is 0 Å². The Morgan fingerprint density at radius 1 is 1.18 bits per heavy atom. The highest BCUT2D eigenvalue weighted by Crippen LogP contribution is 2.32. The maximum Gasteiger partial charge on any atom is 0.416 e. The molecule has 2 N–H and O–H groups in total. The van der Waals surface area contributed by atoms with Gasteiger partial charge < -0.3 is 15.2 Å². The first-order chi connectivity index (χ1) is 9.87. The van der Waals surface area contributed by atoms with Gasteiger partial charge in [0.2, 0.25) is 0 Å². The monoisotopic (exact) mass is 319 g/mol. The number of benzene rings is 1. The summed E-state index contributed by atoms with van der Waals surface area (Å²) in [5.41, 5.74) is -2.86. The standard InChI is InChI=1S/C15H20F3NO3/c1-13(2,3)22-12(21)19-14(4,9-20)10-6-5-7-11(8-10)15(16,17)18/h5-8,20H,9H2,1-4H3,(H,19,21). The second kappa shape index (κ2) is 6.16. The number of alkyl halides is 3. The van der Waals surface area contributed by atoms with Crippen molar-refractivity contribution in [3.8, 4) is 0 Å². The van der Waals surface area contributed by atoms with Gasteiger partial charge in [-0.15, -0.1) is 0 Å². The average Bonchev–Trinajstić information content (AvgIpc) is 2.35. The van der Waals surface area contributed by atoms with Crippen LogP contribution < -0.4 is 5.32 Å². The van der Waals surface area contributed by atoms with Crippen molar-refractivity contribution in [2.75, 3.05) is 6.61 Å². The second-order valence-corrected chi connectivity index (χ2v) is 6.20. The smallest absolute Gasteiger partial charge is 0.416 e.